The van der Waals surface area contributed by atoms with Crippen LogP contribution in [0, 0.1) is 6.92 Å². The van der Waals surface area contributed by atoms with Crippen molar-refractivity contribution in [1.82, 2.24) is 4.57 Å². The molecule has 0 atom stereocenters. The summed E-state index contributed by atoms with van der Waals surface area (Å²) in [5, 5.41) is 4.25. The highest BCUT2D eigenvalue weighted by atomic mass is 16.1. The molecule has 3 aromatic rings. The number of rotatable bonds is 4. The highest BCUT2D eigenvalue weighted by molar-refractivity contribution is 5.97. The Morgan fingerprint density at radius 1 is 1.09 bits per heavy atom. The molecule has 1 aromatic heterocycles. The average Bonchev–Trinajstić information content (AvgIpc) is 2.86. The average molecular weight is 306 g/mol. The van der Waals surface area contributed by atoms with Crippen LogP contribution >= 0.6 is 0 Å². The van der Waals surface area contributed by atoms with Crippen LogP contribution in [0.1, 0.15) is 23.6 Å². The van der Waals surface area contributed by atoms with E-state index in [1.807, 2.05) is 44.4 Å². The SMILES string of the molecule is CCc1cccc(C)c1NC(=O)Cc1cn(C)c2ccccc12. The number of carbonyl (C=O) groups is 1. The summed E-state index contributed by atoms with van der Waals surface area (Å²) in [5.41, 5.74) is 5.46. The Labute approximate surface area is 136 Å². The van der Waals surface area contributed by atoms with Gasteiger partial charge in [-0.3, -0.25) is 4.79 Å². The van der Waals surface area contributed by atoms with Gasteiger partial charge in [0, 0.05) is 29.8 Å². The zero-order chi connectivity index (χ0) is 16.4. The van der Waals surface area contributed by atoms with E-state index in [1.54, 1.807) is 0 Å². The first-order valence-electron chi connectivity index (χ1n) is 8.01. The molecular weight excluding hydrogens is 284 g/mol. The maximum Gasteiger partial charge on any atom is 0.228 e. The fourth-order valence-corrected chi connectivity index (χ4v) is 3.13. The second kappa shape index (κ2) is 6.29. The van der Waals surface area contributed by atoms with Crippen molar-refractivity contribution in [1.29, 1.82) is 0 Å². The molecule has 3 heteroatoms. The number of nitrogens with one attached hydrogen (secondary N) is 1. The van der Waals surface area contributed by atoms with E-state index >= 15 is 0 Å². The summed E-state index contributed by atoms with van der Waals surface area (Å²) in [5.74, 6) is 0.0327. The van der Waals surface area contributed by atoms with Gasteiger partial charge in [0.2, 0.25) is 5.91 Å². The van der Waals surface area contributed by atoms with Gasteiger partial charge in [-0.2, -0.15) is 0 Å². The van der Waals surface area contributed by atoms with Crippen molar-refractivity contribution in [3.05, 3.63) is 65.4 Å². The minimum Gasteiger partial charge on any atom is -0.350 e. The van der Waals surface area contributed by atoms with Crippen LogP contribution in [-0.4, -0.2) is 10.5 Å². The summed E-state index contributed by atoms with van der Waals surface area (Å²) in [6.07, 6.45) is 3.34. The van der Waals surface area contributed by atoms with E-state index in [0.29, 0.717) is 6.42 Å². The van der Waals surface area contributed by atoms with Crippen molar-refractivity contribution in [3.63, 3.8) is 0 Å². The maximum atomic E-state index is 12.5. The van der Waals surface area contributed by atoms with Gasteiger partial charge in [-0.05, 0) is 36.1 Å². The smallest absolute Gasteiger partial charge is 0.228 e. The number of para-hydroxylation sites is 2. The van der Waals surface area contributed by atoms with Gasteiger partial charge in [0.25, 0.3) is 0 Å². The Hall–Kier alpha value is -2.55. The molecule has 0 spiro atoms. The molecular formula is C20H22N2O. The highest BCUT2D eigenvalue weighted by Crippen LogP contribution is 2.23. The topological polar surface area (TPSA) is 34.0 Å². The summed E-state index contributed by atoms with van der Waals surface area (Å²) in [6.45, 7) is 4.14. The number of hydrogen-bond acceptors (Lipinski definition) is 1. The minimum absolute atomic E-state index is 0.0327. The first-order valence-corrected chi connectivity index (χ1v) is 8.01. The quantitative estimate of drug-likeness (QED) is 0.769. The zero-order valence-corrected chi connectivity index (χ0v) is 13.9. The van der Waals surface area contributed by atoms with E-state index in [4.69, 9.17) is 0 Å². The van der Waals surface area contributed by atoms with Crippen LogP contribution in [0.2, 0.25) is 0 Å². The van der Waals surface area contributed by atoms with Gasteiger partial charge in [0.1, 0.15) is 0 Å². The Kier molecular flexibility index (Phi) is 4.20. The third-order valence-corrected chi connectivity index (χ3v) is 4.33. The lowest BCUT2D eigenvalue weighted by molar-refractivity contribution is -0.115. The van der Waals surface area contributed by atoms with E-state index < -0.39 is 0 Å². The lowest BCUT2D eigenvalue weighted by Gasteiger charge is -2.12. The lowest BCUT2D eigenvalue weighted by atomic mass is 10.1. The molecule has 0 aliphatic carbocycles. The van der Waals surface area contributed by atoms with Gasteiger partial charge in [0.15, 0.2) is 0 Å². The molecule has 3 rings (SSSR count). The molecule has 0 saturated carbocycles. The number of fused-ring (bicyclic) bond motifs is 1. The predicted octanol–water partition coefficient (Wildman–Crippen LogP) is 4.23. The monoisotopic (exact) mass is 306 g/mol. The molecule has 0 unspecified atom stereocenters. The molecule has 2 aromatic carbocycles. The molecule has 1 amide bonds. The summed E-state index contributed by atoms with van der Waals surface area (Å²) < 4.78 is 2.07. The molecule has 0 fully saturated rings. The van der Waals surface area contributed by atoms with Crippen molar-refractivity contribution >= 4 is 22.5 Å². The first kappa shape index (κ1) is 15.3. The Morgan fingerprint density at radius 3 is 2.65 bits per heavy atom. The van der Waals surface area contributed by atoms with Gasteiger partial charge in [-0.15, -0.1) is 0 Å². The van der Waals surface area contributed by atoms with Crippen molar-refractivity contribution in [3.8, 4) is 0 Å². The van der Waals surface area contributed by atoms with Crippen molar-refractivity contribution in [2.24, 2.45) is 7.05 Å². The van der Waals surface area contributed by atoms with Crippen molar-refractivity contribution in [2.45, 2.75) is 26.7 Å². The number of benzene rings is 2. The van der Waals surface area contributed by atoms with Crippen LogP contribution in [-0.2, 0) is 24.7 Å². The lowest BCUT2D eigenvalue weighted by Crippen LogP contribution is -2.16. The summed E-state index contributed by atoms with van der Waals surface area (Å²) in [4.78, 5) is 12.5. The minimum atomic E-state index is 0.0327. The number of aromatic nitrogens is 1. The van der Waals surface area contributed by atoms with Gasteiger partial charge >= 0.3 is 0 Å². The van der Waals surface area contributed by atoms with Crippen molar-refractivity contribution in [2.75, 3.05) is 5.32 Å². The van der Waals surface area contributed by atoms with Crippen LogP contribution in [0.25, 0.3) is 10.9 Å². The van der Waals surface area contributed by atoms with Gasteiger partial charge in [-0.25, -0.2) is 0 Å². The molecule has 1 heterocycles. The zero-order valence-electron chi connectivity index (χ0n) is 13.9. The molecule has 0 aliphatic rings. The second-order valence-corrected chi connectivity index (χ2v) is 5.97. The third-order valence-electron chi connectivity index (χ3n) is 4.33. The first-order chi connectivity index (χ1) is 11.1. The van der Waals surface area contributed by atoms with Gasteiger partial charge in [-0.1, -0.05) is 43.3 Å². The van der Waals surface area contributed by atoms with Crippen LogP contribution < -0.4 is 5.32 Å². The Balaban J connectivity index is 1.85. The molecule has 0 bridgehead atoms. The fraction of sp³-hybridized carbons (Fsp3) is 0.250. The molecule has 23 heavy (non-hydrogen) atoms. The molecule has 0 aliphatic heterocycles. The molecule has 118 valence electrons. The second-order valence-electron chi connectivity index (χ2n) is 5.97. The predicted molar refractivity (Wildman–Crippen MR) is 95.8 cm³/mol. The largest absolute Gasteiger partial charge is 0.350 e. The van der Waals surface area contributed by atoms with E-state index in [-0.39, 0.29) is 5.91 Å². The number of anilines is 1. The number of aryl methyl sites for hydroxylation is 3. The number of hydrogen-bond donors (Lipinski definition) is 1. The van der Waals surface area contributed by atoms with Crippen LogP contribution in [0.4, 0.5) is 5.69 Å². The fourth-order valence-electron chi connectivity index (χ4n) is 3.13. The summed E-state index contributed by atoms with van der Waals surface area (Å²) in [7, 11) is 2.01. The summed E-state index contributed by atoms with van der Waals surface area (Å²) in [6, 6.07) is 14.3. The Bertz CT molecular complexity index is 861. The maximum absolute atomic E-state index is 12.5. The van der Waals surface area contributed by atoms with Crippen LogP contribution in [0.3, 0.4) is 0 Å². The van der Waals surface area contributed by atoms with E-state index in [2.05, 4.69) is 35.0 Å². The molecule has 0 radical (unpaired) electrons. The van der Waals surface area contributed by atoms with E-state index in [0.717, 1.165) is 34.1 Å². The van der Waals surface area contributed by atoms with Gasteiger partial charge < -0.3 is 9.88 Å². The highest BCUT2D eigenvalue weighted by Gasteiger charge is 2.12. The Morgan fingerprint density at radius 2 is 1.87 bits per heavy atom. The van der Waals surface area contributed by atoms with Crippen LogP contribution in [0.5, 0.6) is 0 Å². The summed E-state index contributed by atoms with van der Waals surface area (Å²) >= 11 is 0. The van der Waals surface area contributed by atoms with E-state index in [9.17, 15) is 4.79 Å². The standard InChI is InChI=1S/C20H22N2O/c1-4-15-9-7-8-14(2)20(15)21-19(23)12-16-13-22(3)18-11-6-5-10-17(16)18/h5-11,13H,4,12H2,1-3H3,(H,21,23). The normalized spacial score (nSPS) is 10.9. The molecule has 3 nitrogen and oxygen atoms in total. The number of carbonyl (C=O) groups excluding carboxylic acids is 1. The van der Waals surface area contributed by atoms with Crippen molar-refractivity contribution < 1.29 is 4.79 Å². The van der Waals surface area contributed by atoms with E-state index in [1.165, 1.54) is 5.56 Å². The number of nitrogens with zero attached hydrogens (tertiary/aromatic N) is 1. The van der Waals surface area contributed by atoms with Gasteiger partial charge in [0.05, 0.1) is 6.42 Å². The molecule has 1 N–H and O–H groups in total. The number of amides is 1. The van der Waals surface area contributed by atoms with Crippen LogP contribution in [0.15, 0.2) is 48.7 Å². The molecule has 0 saturated heterocycles. The third kappa shape index (κ3) is 3.00.